The maximum atomic E-state index is 5.16. The summed E-state index contributed by atoms with van der Waals surface area (Å²) in [5.74, 6) is -0.0407. The number of benzene rings is 1. The first kappa shape index (κ1) is 13.0. The number of hydrogen-bond donors (Lipinski definition) is 2. The molecule has 4 N–H and O–H groups in total. The lowest BCUT2D eigenvalue weighted by atomic mass is 10.2. The zero-order valence-electron chi connectivity index (χ0n) is 10.3. The highest BCUT2D eigenvalue weighted by molar-refractivity contribution is 5.82. The van der Waals surface area contributed by atoms with Gasteiger partial charge in [-0.2, -0.15) is 5.10 Å². The Morgan fingerprint density at radius 2 is 1.76 bits per heavy atom. The van der Waals surface area contributed by atoms with Crippen molar-refractivity contribution in [1.82, 2.24) is 0 Å². The van der Waals surface area contributed by atoms with Crippen molar-refractivity contribution in [3.05, 3.63) is 29.8 Å². The van der Waals surface area contributed by atoms with Crippen molar-refractivity contribution in [2.24, 2.45) is 21.7 Å². The first-order valence-corrected chi connectivity index (χ1v) is 5.64. The van der Waals surface area contributed by atoms with Crippen LogP contribution < -0.4 is 16.4 Å². The zero-order valence-corrected chi connectivity index (χ0v) is 10.3. The largest absolute Gasteiger partial charge is 0.372 e. The van der Waals surface area contributed by atoms with E-state index in [9.17, 15) is 0 Å². The fourth-order valence-electron chi connectivity index (χ4n) is 1.52. The normalized spacial score (nSPS) is 10.5. The first-order valence-electron chi connectivity index (χ1n) is 5.64. The van der Waals surface area contributed by atoms with Gasteiger partial charge in [-0.15, -0.1) is 5.10 Å². The smallest absolute Gasteiger partial charge is 0.211 e. The average Bonchev–Trinajstić information content (AvgIpc) is 2.32. The lowest BCUT2D eigenvalue weighted by Gasteiger charge is -2.20. The third kappa shape index (κ3) is 4.14. The summed E-state index contributed by atoms with van der Waals surface area (Å²) in [4.78, 5) is 2.27. The van der Waals surface area contributed by atoms with Crippen LogP contribution in [-0.2, 0) is 0 Å². The number of nitrogens with two attached hydrogens (primary N) is 2. The van der Waals surface area contributed by atoms with Crippen LogP contribution in [0, 0.1) is 0 Å². The Bertz CT molecular complexity index is 386. The van der Waals surface area contributed by atoms with Crippen molar-refractivity contribution in [2.45, 2.75) is 13.8 Å². The standard InChI is InChI=1S/C12H19N5/c1-3-17(4-2)11-7-5-10(6-8-11)9-15-16-12(13)14/h5-9H,3-4H2,1-2H3,(H4,13,14,16)/b15-9-. The zero-order chi connectivity index (χ0) is 12.7. The molecular weight excluding hydrogens is 214 g/mol. The molecule has 0 aromatic heterocycles. The topological polar surface area (TPSA) is 80.0 Å². The molecule has 0 bridgehead atoms. The Kier molecular flexibility index (Phi) is 5.00. The van der Waals surface area contributed by atoms with E-state index in [1.807, 2.05) is 12.1 Å². The second-order valence-electron chi connectivity index (χ2n) is 3.53. The predicted molar refractivity (Wildman–Crippen MR) is 73.4 cm³/mol. The van der Waals surface area contributed by atoms with E-state index >= 15 is 0 Å². The molecule has 0 fully saturated rings. The Morgan fingerprint density at radius 3 is 2.24 bits per heavy atom. The lowest BCUT2D eigenvalue weighted by molar-refractivity contribution is 0.866. The maximum Gasteiger partial charge on any atom is 0.211 e. The third-order valence-electron chi connectivity index (χ3n) is 2.40. The van der Waals surface area contributed by atoms with Crippen LogP contribution in [0.5, 0.6) is 0 Å². The van der Waals surface area contributed by atoms with Gasteiger partial charge in [0.05, 0.1) is 6.21 Å². The van der Waals surface area contributed by atoms with Gasteiger partial charge in [0.25, 0.3) is 0 Å². The highest BCUT2D eigenvalue weighted by Gasteiger charge is 1.99. The number of hydrogen-bond acceptors (Lipinski definition) is 3. The van der Waals surface area contributed by atoms with E-state index in [4.69, 9.17) is 11.5 Å². The second-order valence-corrected chi connectivity index (χ2v) is 3.53. The van der Waals surface area contributed by atoms with Crippen LogP contribution in [0.3, 0.4) is 0 Å². The highest BCUT2D eigenvalue weighted by atomic mass is 15.3. The quantitative estimate of drug-likeness (QED) is 0.454. The monoisotopic (exact) mass is 233 g/mol. The van der Waals surface area contributed by atoms with Gasteiger partial charge in [-0.05, 0) is 31.5 Å². The molecule has 0 saturated heterocycles. The van der Waals surface area contributed by atoms with Gasteiger partial charge in [0, 0.05) is 18.8 Å². The highest BCUT2D eigenvalue weighted by Crippen LogP contribution is 2.13. The summed E-state index contributed by atoms with van der Waals surface area (Å²) >= 11 is 0. The van der Waals surface area contributed by atoms with Gasteiger partial charge >= 0.3 is 0 Å². The summed E-state index contributed by atoms with van der Waals surface area (Å²) in [6.07, 6.45) is 1.62. The molecule has 1 rings (SSSR count). The predicted octanol–water partition coefficient (Wildman–Crippen LogP) is 1.14. The number of anilines is 1. The summed E-state index contributed by atoms with van der Waals surface area (Å²) in [5, 5.41) is 7.30. The summed E-state index contributed by atoms with van der Waals surface area (Å²) in [6, 6.07) is 8.09. The van der Waals surface area contributed by atoms with E-state index in [0.29, 0.717) is 0 Å². The van der Waals surface area contributed by atoms with Crippen molar-refractivity contribution in [3.63, 3.8) is 0 Å². The molecule has 0 atom stereocenters. The van der Waals surface area contributed by atoms with Gasteiger partial charge < -0.3 is 16.4 Å². The first-order chi connectivity index (χ1) is 8.17. The Hall–Kier alpha value is -2.04. The van der Waals surface area contributed by atoms with E-state index in [2.05, 4.69) is 41.1 Å². The minimum Gasteiger partial charge on any atom is -0.372 e. The molecular formula is C12H19N5. The molecule has 1 aromatic rings. The molecule has 0 aliphatic carbocycles. The molecule has 1 aromatic carbocycles. The van der Waals surface area contributed by atoms with Gasteiger partial charge in [-0.3, -0.25) is 0 Å². The number of nitrogens with zero attached hydrogens (tertiary/aromatic N) is 3. The molecule has 92 valence electrons. The summed E-state index contributed by atoms with van der Waals surface area (Å²) in [5.41, 5.74) is 12.5. The molecule has 0 heterocycles. The van der Waals surface area contributed by atoms with Gasteiger partial charge in [0.1, 0.15) is 0 Å². The van der Waals surface area contributed by atoms with Gasteiger partial charge in [-0.25, -0.2) is 0 Å². The average molecular weight is 233 g/mol. The lowest BCUT2D eigenvalue weighted by Crippen LogP contribution is -2.21. The van der Waals surface area contributed by atoms with Crippen LogP contribution in [0.4, 0.5) is 5.69 Å². The van der Waals surface area contributed by atoms with Crippen LogP contribution in [-0.4, -0.2) is 25.3 Å². The molecule has 0 unspecified atom stereocenters. The Labute approximate surface area is 102 Å². The Morgan fingerprint density at radius 1 is 1.18 bits per heavy atom. The van der Waals surface area contributed by atoms with Crippen molar-refractivity contribution in [1.29, 1.82) is 0 Å². The molecule has 0 amide bonds. The van der Waals surface area contributed by atoms with Crippen molar-refractivity contribution < 1.29 is 0 Å². The minimum absolute atomic E-state index is 0.0407. The van der Waals surface area contributed by atoms with Crippen LogP contribution in [0.25, 0.3) is 0 Å². The van der Waals surface area contributed by atoms with Gasteiger partial charge in [-0.1, -0.05) is 12.1 Å². The molecule has 17 heavy (non-hydrogen) atoms. The van der Waals surface area contributed by atoms with Gasteiger partial charge in [0.2, 0.25) is 5.96 Å². The van der Waals surface area contributed by atoms with Crippen molar-refractivity contribution in [2.75, 3.05) is 18.0 Å². The van der Waals surface area contributed by atoms with E-state index in [0.717, 1.165) is 18.7 Å². The number of rotatable bonds is 5. The van der Waals surface area contributed by atoms with Crippen LogP contribution in [0.15, 0.2) is 34.5 Å². The molecule has 5 heteroatoms. The maximum absolute atomic E-state index is 5.16. The molecule has 0 saturated carbocycles. The molecule has 0 spiro atoms. The summed E-state index contributed by atoms with van der Waals surface area (Å²) < 4.78 is 0. The Balaban J connectivity index is 2.74. The number of guanidine groups is 1. The SMILES string of the molecule is CCN(CC)c1ccc(/C=N\N=C(N)N)cc1. The fraction of sp³-hybridized carbons (Fsp3) is 0.333. The van der Waals surface area contributed by atoms with E-state index in [1.54, 1.807) is 6.21 Å². The van der Waals surface area contributed by atoms with E-state index < -0.39 is 0 Å². The molecule has 0 radical (unpaired) electrons. The van der Waals surface area contributed by atoms with E-state index in [-0.39, 0.29) is 5.96 Å². The molecule has 5 nitrogen and oxygen atoms in total. The van der Waals surface area contributed by atoms with Crippen molar-refractivity contribution in [3.8, 4) is 0 Å². The van der Waals surface area contributed by atoms with Gasteiger partial charge in [0.15, 0.2) is 0 Å². The fourth-order valence-corrected chi connectivity index (χ4v) is 1.52. The van der Waals surface area contributed by atoms with Crippen molar-refractivity contribution >= 4 is 17.9 Å². The molecule has 0 aliphatic rings. The second kappa shape index (κ2) is 6.52. The summed E-state index contributed by atoms with van der Waals surface area (Å²) in [6.45, 7) is 6.27. The van der Waals surface area contributed by atoms with E-state index in [1.165, 1.54) is 5.69 Å². The minimum atomic E-state index is -0.0407. The summed E-state index contributed by atoms with van der Waals surface area (Å²) in [7, 11) is 0. The third-order valence-corrected chi connectivity index (χ3v) is 2.40. The molecule has 0 aliphatic heterocycles. The van der Waals surface area contributed by atoms with Crippen LogP contribution in [0.1, 0.15) is 19.4 Å². The van der Waals surface area contributed by atoms with Crippen LogP contribution >= 0.6 is 0 Å². The van der Waals surface area contributed by atoms with Crippen LogP contribution in [0.2, 0.25) is 0 Å².